The molecule has 0 amide bonds. The van der Waals surface area contributed by atoms with Crippen LogP contribution in [-0.4, -0.2) is 33.3 Å². The maximum absolute atomic E-state index is 6.07. The van der Waals surface area contributed by atoms with Crippen molar-refractivity contribution < 1.29 is 14.2 Å². The zero-order valence-electron chi connectivity index (χ0n) is 14.5. The average molecular weight is 341 g/mol. The minimum Gasteiger partial charge on any atom is -0.497 e. The molecule has 6 nitrogen and oxygen atoms in total. The topological polar surface area (TPSA) is 78.1 Å². The largest absolute Gasteiger partial charge is 0.497 e. The van der Waals surface area contributed by atoms with Gasteiger partial charge in [-0.15, -0.1) is 0 Å². The summed E-state index contributed by atoms with van der Waals surface area (Å²) in [6.45, 7) is 1.31. The first-order chi connectivity index (χ1) is 12.2. The first kappa shape index (κ1) is 17.0. The molecule has 0 saturated carbocycles. The zero-order chi connectivity index (χ0) is 17.6. The van der Waals surface area contributed by atoms with Gasteiger partial charge in [0, 0.05) is 18.5 Å². The van der Waals surface area contributed by atoms with Gasteiger partial charge in [0.05, 0.1) is 26.5 Å². The third kappa shape index (κ3) is 3.96. The minimum atomic E-state index is 0.303. The van der Waals surface area contributed by atoms with Crippen LogP contribution in [0.15, 0.2) is 47.5 Å². The molecule has 0 bridgehead atoms. The lowest BCUT2D eigenvalue weighted by atomic mass is 9.93. The number of para-hydroxylation sites is 1. The Morgan fingerprint density at radius 2 is 2.08 bits per heavy atom. The summed E-state index contributed by atoms with van der Waals surface area (Å²) in [5, 5.41) is 3.09. The van der Waals surface area contributed by atoms with E-state index in [2.05, 4.69) is 16.4 Å². The van der Waals surface area contributed by atoms with E-state index in [1.807, 2.05) is 36.4 Å². The van der Waals surface area contributed by atoms with Crippen LogP contribution in [0.3, 0.4) is 0 Å². The molecule has 6 heteroatoms. The predicted octanol–water partition coefficient (Wildman–Crippen LogP) is 3.00. The molecule has 1 aliphatic rings. The number of nitrogens with zero attached hydrogens (tertiary/aromatic N) is 1. The van der Waals surface area contributed by atoms with Crippen molar-refractivity contribution in [1.29, 1.82) is 0 Å². The average Bonchev–Trinajstić information content (AvgIpc) is 2.66. The first-order valence-electron chi connectivity index (χ1n) is 8.22. The van der Waals surface area contributed by atoms with Crippen LogP contribution in [0.1, 0.15) is 17.9 Å². The number of rotatable bonds is 5. The fraction of sp³-hybridized carbons (Fsp3) is 0.316. The quantitative estimate of drug-likeness (QED) is 0.646. The smallest absolute Gasteiger partial charge is 0.193 e. The molecule has 0 radical (unpaired) electrons. The van der Waals surface area contributed by atoms with Crippen LogP contribution in [0.25, 0.3) is 0 Å². The van der Waals surface area contributed by atoms with E-state index in [0.29, 0.717) is 30.8 Å². The van der Waals surface area contributed by atoms with Crippen LogP contribution in [0.2, 0.25) is 0 Å². The minimum absolute atomic E-state index is 0.303. The molecule has 3 N–H and O–H groups in total. The van der Waals surface area contributed by atoms with Crippen molar-refractivity contribution >= 4 is 11.6 Å². The molecule has 1 atom stereocenters. The van der Waals surface area contributed by atoms with E-state index >= 15 is 0 Å². The summed E-state index contributed by atoms with van der Waals surface area (Å²) in [6, 6.07) is 13.6. The number of nitrogens with one attached hydrogen (secondary N) is 1. The monoisotopic (exact) mass is 341 g/mol. The highest BCUT2D eigenvalue weighted by Gasteiger charge is 2.20. The molecular formula is C19H23N3O3. The van der Waals surface area contributed by atoms with Crippen molar-refractivity contribution in [3.05, 3.63) is 48.0 Å². The van der Waals surface area contributed by atoms with Crippen molar-refractivity contribution in [2.45, 2.75) is 12.3 Å². The van der Waals surface area contributed by atoms with Gasteiger partial charge in [0.2, 0.25) is 0 Å². The number of benzene rings is 2. The second-order valence-electron chi connectivity index (χ2n) is 5.79. The third-order valence-corrected chi connectivity index (χ3v) is 4.23. The van der Waals surface area contributed by atoms with E-state index in [1.165, 1.54) is 5.56 Å². The summed E-state index contributed by atoms with van der Waals surface area (Å²) in [6.07, 6.45) is 0.927. The Bertz CT molecular complexity index is 761. The van der Waals surface area contributed by atoms with Crippen LogP contribution in [0, 0.1) is 0 Å². The van der Waals surface area contributed by atoms with Crippen LogP contribution >= 0.6 is 0 Å². The number of hydrogen-bond donors (Lipinski definition) is 2. The van der Waals surface area contributed by atoms with E-state index in [4.69, 9.17) is 19.9 Å². The molecule has 0 fully saturated rings. The van der Waals surface area contributed by atoms with Gasteiger partial charge in [0.1, 0.15) is 17.2 Å². The molecule has 3 rings (SSSR count). The Morgan fingerprint density at radius 1 is 1.24 bits per heavy atom. The van der Waals surface area contributed by atoms with Crippen LogP contribution < -0.4 is 25.3 Å². The summed E-state index contributed by atoms with van der Waals surface area (Å²) < 4.78 is 16.3. The number of nitrogens with two attached hydrogens (primary N) is 1. The summed E-state index contributed by atoms with van der Waals surface area (Å²) in [4.78, 5) is 4.50. The predicted molar refractivity (Wildman–Crippen MR) is 99.0 cm³/mol. The van der Waals surface area contributed by atoms with Crippen molar-refractivity contribution in [3.8, 4) is 17.2 Å². The molecule has 25 heavy (non-hydrogen) atoms. The van der Waals surface area contributed by atoms with Crippen LogP contribution in [0.4, 0.5) is 5.69 Å². The summed E-state index contributed by atoms with van der Waals surface area (Å²) >= 11 is 0. The third-order valence-electron chi connectivity index (χ3n) is 4.23. The number of anilines is 1. The van der Waals surface area contributed by atoms with Gasteiger partial charge in [-0.05, 0) is 30.2 Å². The van der Waals surface area contributed by atoms with Gasteiger partial charge in [-0.2, -0.15) is 0 Å². The Hall–Kier alpha value is -2.89. The fourth-order valence-electron chi connectivity index (χ4n) is 2.90. The van der Waals surface area contributed by atoms with E-state index in [1.54, 1.807) is 14.2 Å². The SMILES string of the molecule is COc1ccc(OC)c(NC(N)=NCC2CCOc3ccccc32)c1. The Kier molecular flexibility index (Phi) is 5.28. The van der Waals surface area contributed by atoms with Gasteiger partial charge in [-0.3, -0.25) is 4.99 Å². The number of methoxy groups -OCH3 is 2. The molecule has 1 heterocycles. The van der Waals surface area contributed by atoms with Gasteiger partial charge in [-0.1, -0.05) is 18.2 Å². The lowest BCUT2D eigenvalue weighted by Gasteiger charge is -2.24. The van der Waals surface area contributed by atoms with Crippen molar-refractivity contribution in [2.24, 2.45) is 10.7 Å². The normalized spacial score (nSPS) is 16.6. The van der Waals surface area contributed by atoms with Crippen molar-refractivity contribution in [2.75, 3.05) is 32.7 Å². The number of hydrogen-bond acceptors (Lipinski definition) is 4. The Morgan fingerprint density at radius 3 is 2.88 bits per heavy atom. The maximum atomic E-state index is 6.07. The standard InChI is InChI=1S/C19H23N3O3/c1-23-14-7-8-18(24-2)16(11-14)22-19(20)21-12-13-9-10-25-17-6-4-3-5-15(13)17/h3-8,11,13H,9-10,12H2,1-2H3,(H3,20,21,22). The zero-order valence-corrected chi connectivity index (χ0v) is 14.5. The highest BCUT2D eigenvalue weighted by atomic mass is 16.5. The molecule has 1 aliphatic heterocycles. The van der Waals surface area contributed by atoms with E-state index in [9.17, 15) is 0 Å². The number of guanidine groups is 1. The molecular weight excluding hydrogens is 318 g/mol. The Balaban J connectivity index is 1.71. The highest BCUT2D eigenvalue weighted by molar-refractivity contribution is 5.94. The molecule has 2 aromatic carbocycles. The van der Waals surface area contributed by atoms with E-state index in [-0.39, 0.29) is 0 Å². The molecule has 0 spiro atoms. The van der Waals surface area contributed by atoms with E-state index < -0.39 is 0 Å². The molecule has 2 aromatic rings. The first-order valence-corrected chi connectivity index (χ1v) is 8.22. The fourth-order valence-corrected chi connectivity index (χ4v) is 2.90. The van der Waals surface area contributed by atoms with Gasteiger partial charge >= 0.3 is 0 Å². The van der Waals surface area contributed by atoms with Crippen LogP contribution in [0.5, 0.6) is 17.2 Å². The maximum Gasteiger partial charge on any atom is 0.193 e. The van der Waals surface area contributed by atoms with Gasteiger partial charge in [0.25, 0.3) is 0 Å². The Labute approximate surface area is 147 Å². The lowest BCUT2D eigenvalue weighted by molar-refractivity contribution is 0.269. The molecule has 0 saturated heterocycles. The molecule has 132 valence electrons. The summed E-state index contributed by atoms with van der Waals surface area (Å²) in [5.74, 6) is 2.98. The van der Waals surface area contributed by atoms with Gasteiger partial charge < -0.3 is 25.3 Å². The summed E-state index contributed by atoms with van der Waals surface area (Å²) in [7, 11) is 3.23. The summed E-state index contributed by atoms with van der Waals surface area (Å²) in [5.41, 5.74) is 7.97. The number of ether oxygens (including phenoxy) is 3. The lowest BCUT2D eigenvalue weighted by Crippen LogP contribution is -2.25. The molecule has 0 aliphatic carbocycles. The van der Waals surface area contributed by atoms with Gasteiger partial charge in [-0.25, -0.2) is 0 Å². The van der Waals surface area contributed by atoms with E-state index in [0.717, 1.165) is 23.6 Å². The van der Waals surface area contributed by atoms with Gasteiger partial charge in [0.15, 0.2) is 5.96 Å². The highest BCUT2D eigenvalue weighted by Crippen LogP contribution is 2.33. The number of aliphatic imine (C=N–C) groups is 1. The van der Waals surface area contributed by atoms with Crippen LogP contribution in [-0.2, 0) is 0 Å². The van der Waals surface area contributed by atoms with Crippen molar-refractivity contribution in [3.63, 3.8) is 0 Å². The second-order valence-corrected chi connectivity index (χ2v) is 5.79. The van der Waals surface area contributed by atoms with Crippen molar-refractivity contribution in [1.82, 2.24) is 0 Å². The molecule has 0 aromatic heterocycles. The second kappa shape index (κ2) is 7.79. The number of fused-ring (bicyclic) bond motifs is 1. The molecule has 1 unspecified atom stereocenters.